The second kappa shape index (κ2) is 8.78. The molecule has 11 heteroatoms. The highest BCUT2D eigenvalue weighted by atomic mass is 79.9. The summed E-state index contributed by atoms with van der Waals surface area (Å²) in [6.07, 6.45) is 1.53. The Morgan fingerprint density at radius 3 is 2.64 bits per heavy atom. The van der Waals surface area contributed by atoms with Gasteiger partial charge < -0.3 is 4.74 Å². The molecule has 1 aliphatic heterocycles. The van der Waals surface area contributed by atoms with Crippen LogP contribution in [0.4, 0.5) is 11.4 Å². The average Bonchev–Trinajstić information content (AvgIpc) is 2.68. The van der Waals surface area contributed by atoms with Crippen molar-refractivity contribution in [3.8, 4) is 0 Å². The van der Waals surface area contributed by atoms with Crippen molar-refractivity contribution in [2.45, 2.75) is 4.90 Å². The third kappa shape index (κ3) is 4.73. The summed E-state index contributed by atoms with van der Waals surface area (Å²) in [6.45, 7) is 0.924. The van der Waals surface area contributed by atoms with Crippen LogP contribution in [0.2, 0.25) is 0 Å². The number of sulfonamides is 1. The molecular formula is C17H17BrN4O5S. The van der Waals surface area contributed by atoms with Crippen LogP contribution in [-0.2, 0) is 14.8 Å². The Labute approximate surface area is 170 Å². The maximum atomic E-state index is 13.0. The minimum atomic E-state index is -3.95. The molecule has 0 bridgehead atoms. The van der Waals surface area contributed by atoms with Gasteiger partial charge in [-0.25, -0.2) is 8.42 Å². The molecule has 2 aromatic rings. The van der Waals surface area contributed by atoms with Gasteiger partial charge in [0.1, 0.15) is 4.90 Å². The number of halogens is 1. The third-order valence-corrected chi connectivity index (χ3v) is 6.44. The Balaban J connectivity index is 1.93. The zero-order chi connectivity index (χ0) is 20.1. The van der Waals surface area contributed by atoms with E-state index in [4.69, 9.17) is 4.74 Å². The molecule has 148 valence electrons. The molecule has 28 heavy (non-hydrogen) atoms. The van der Waals surface area contributed by atoms with E-state index in [-0.39, 0.29) is 42.6 Å². The summed E-state index contributed by atoms with van der Waals surface area (Å²) in [7, 11) is -3.95. The highest BCUT2D eigenvalue weighted by Crippen LogP contribution is 2.29. The third-order valence-electron chi connectivity index (χ3n) is 4.01. The van der Waals surface area contributed by atoms with Crippen molar-refractivity contribution < 1.29 is 18.1 Å². The lowest BCUT2D eigenvalue weighted by molar-refractivity contribution is -0.385. The van der Waals surface area contributed by atoms with Crippen molar-refractivity contribution >= 4 is 43.5 Å². The van der Waals surface area contributed by atoms with Gasteiger partial charge in [-0.3, -0.25) is 15.5 Å². The summed E-state index contributed by atoms with van der Waals surface area (Å²) >= 11 is 3.36. The van der Waals surface area contributed by atoms with Gasteiger partial charge in [-0.15, -0.1) is 0 Å². The van der Waals surface area contributed by atoms with E-state index in [0.29, 0.717) is 0 Å². The molecule has 0 aromatic heterocycles. The normalized spacial score (nSPS) is 15.6. The van der Waals surface area contributed by atoms with Gasteiger partial charge in [0.05, 0.1) is 30.0 Å². The van der Waals surface area contributed by atoms with Crippen LogP contribution in [0.1, 0.15) is 5.56 Å². The van der Waals surface area contributed by atoms with Gasteiger partial charge >= 0.3 is 0 Å². The predicted octanol–water partition coefficient (Wildman–Crippen LogP) is 2.82. The fourth-order valence-electron chi connectivity index (χ4n) is 2.62. The molecule has 0 aliphatic carbocycles. The smallest absolute Gasteiger partial charge is 0.270 e. The zero-order valence-electron chi connectivity index (χ0n) is 14.6. The van der Waals surface area contributed by atoms with Crippen LogP contribution in [-0.4, -0.2) is 50.2 Å². The molecule has 0 saturated carbocycles. The molecule has 0 atom stereocenters. The molecule has 1 fully saturated rings. The summed E-state index contributed by atoms with van der Waals surface area (Å²) in [6, 6.07) is 11.0. The van der Waals surface area contributed by atoms with Crippen LogP contribution in [0.3, 0.4) is 0 Å². The summed E-state index contributed by atoms with van der Waals surface area (Å²) in [4.78, 5) is 10.3. The number of benzene rings is 2. The van der Waals surface area contributed by atoms with Crippen LogP contribution in [0.25, 0.3) is 0 Å². The highest BCUT2D eigenvalue weighted by Gasteiger charge is 2.30. The molecule has 1 heterocycles. The number of non-ortho nitro benzene ring substituents is 1. The lowest BCUT2D eigenvalue weighted by atomic mass is 10.2. The van der Waals surface area contributed by atoms with Gasteiger partial charge in [0.2, 0.25) is 10.0 Å². The molecule has 9 nitrogen and oxygen atoms in total. The summed E-state index contributed by atoms with van der Waals surface area (Å²) < 4.78 is 33.3. The van der Waals surface area contributed by atoms with Crippen LogP contribution in [0.5, 0.6) is 0 Å². The topological polar surface area (TPSA) is 114 Å². The number of nitrogens with one attached hydrogen (secondary N) is 1. The molecule has 1 aliphatic rings. The molecule has 0 unspecified atom stereocenters. The minimum absolute atomic E-state index is 0.156. The van der Waals surface area contributed by atoms with E-state index < -0.39 is 14.9 Å². The molecule has 0 spiro atoms. The van der Waals surface area contributed by atoms with Crippen molar-refractivity contribution in [1.29, 1.82) is 0 Å². The van der Waals surface area contributed by atoms with E-state index in [1.165, 1.54) is 22.7 Å². The Hall–Kier alpha value is -2.34. The quantitative estimate of drug-likeness (QED) is 0.396. The predicted molar refractivity (Wildman–Crippen MR) is 108 cm³/mol. The van der Waals surface area contributed by atoms with Crippen molar-refractivity contribution in [2.24, 2.45) is 5.10 Å². The van der Waals surface area contributed by atoms with E-state index in [9.17, 15) is 18.5 Å². The molecule has 1 N–H and O–H groups in total. The molecule has 1 saturated heterocycles. The number of rotatable bonds is 6. The fraction of sp³-hybridized carbons (Fsp3) is 0.235. The van der Waals surface area contributed by atoms with Gasteiger partial charge in [0.15, 0.2) is 0 Å². The molecule has 0 amide bonds. The number of nitro groups is 1. The number of hydrogen-bond acceptors (Lipinski definition) is 7. The molecular weight excluding hydrogens is 452 g/mol. The number of nitrogens with zero attached hydrogens (tertiary/aromatic N) is 3. The van der Waals surface area contributed by atoms with E-state index >= 15 is 0 Å². The average molecular weight is 469 g/mol. The van der Waals surface area contributed by atoms with Gasteiger partial charge in [0.25, 0.3) is 5.69 Å². The van der Waals surface area contributed by atoms with Gasteiger partial charge in [0, 0.05) is 29.7 Å². The largest absolute Gasteiger partial charge is 0.379 e. The van der Waals surface area contributed by atoms with Crippen molar-refractivity contribution in [3.63, 3.8) is 0 Å². The van der Waals surface area contributed by atoms with E-state index in [1.54, 1.807) is 0 Å². The maximum Gasteiger partial charge on any atom is 0.270 e. The molecule has 0 radical (unpaired) electrons. The standard InChI is InChI=1S/C17H17BrN4O5S/c18-14-3-1-2-13(10-14)12-19-20-16-5-4-15(22(23)24)11-17(16)28(25,26)21-6-8-27-9-7-21/h1-5,10-12,20H,6-9H2. The van der Waals surface area contributed by atoms with Crippen LogP contribution >= 0.6 is 15.9 Å². The number of anilines is 1. The maximum absolute atomic E-state index is 13.0. The van der Waals surface area contributed by atoms with Crippen LogP contribution in [0, 0.1) is 10.1 Å². The first kappa shape index (κ1) is 20.4. The number of ether oxygens (including phenoxy) is 1. The minimum Gasteiger partial charge on any atom is -0.379 e. The Morgan fingerprint density at radius 2 is 1.96 bits per heavy atom. The van der Waals surface area contributed by atoms with E-state index in [1.807, 2.05) is 24.3 Å². The Bertz CT molecular complexity index is 1010. The highest BCUT2D eigenvalue weighted by molar-refractivity contribution is 9.10. The van der Waals surface area contributed by atoms with Crippen molar-refractivity contribution in [1.82, 2.24) is 4.31 Å². The van der Waals surface area contributed by atoms with Crippen LogP contribution < -0.4 is 5.43 Å². The zero-order valence-corrected chi connectivity index (χ0v) is 17.0. The summed E-state index contributed by atoms with van der Waals surface area (Å²) in [5.74, 6) is 0. The Kier molecular flexibility index (Phi) is 6.39. The molecule has 3 rings (SSSR count). The van der Waals surface area contributed by atoms with Gasteiger partial charge in [-0.1, -0.05) is 28.1 Å². The number of nitro benzene ring substituents is 1. The monoisotopic (exact) mass is 468 g/mol. The van der Waals surface area contributed by atoms with E-state index in [2.05, 4.69) is 26.5 Å². The SMILES string of the molecule is O=[N+]([O-])c1ccc(NN=Cc2cccc(Br)c2)c(S(=O)(=O)N2CCOCC2)c1. The van der Waals surface area contributed by atoms with Crippen molar-refractivity contribution in [3.05, 3.63) is 62.6 Å². The first-order valence-electron chi connectivity index (χ1n) is 8.29. The van der Waals surface area contributed by atoms with Crippen LogP contribution in [0.15, 0.2) is 56.9 Å². The fourth-order valence-corrected chi connectivity index (χ4v) is 4.61. The number of morpholine rings is 1. The second-order valence-corrected chi connectivity index (χ2v) is 8.70. The molecule has 2 aromatic carbocycles. The second-order valence-electron chi connectivity index (χ2n) is 5.88. The number of hydrazone groups is 1. The van der Waals surface area contributed by atoms with Crippen molar-refractivity contribution in [2.75, 3.05) is 31.7 Å². The first-order chi connectivity index (χ1) is 13.4. The lowest BCUT2D eigenvalue weighted by Gasteiger charge is -2.26. The van der Waals surface area contributed by atoms with Gasteiger partial charge in [-0.05, 0) is 23.8 Å². The summed E-state index contributed by atoms with van der Waals surface area (Å²) in [5.41, 5.74) is 3.32. The summed E-state index contributed by atoms with van der Waals surface area (Å²) in [5, 5.41) is 15.2. The van der Waals surface area contributed by atoms with E-state index in [0.717, 1.165) is 16.1 Å². The Morgan fingerprint density at radius 1 is 1.21 bits per heavy atom. The number of hydrogen-bond donors (Lipinski definition) is 1. The van der Waals surface area contributed by atoms with Gasteiger partial charge in [-0.2, -0.15) is 9.41 Å². The first-order valence-corrected chi connectivity index (χ1v) is 10.5. The lowest BCUT2D eigenvalue weighted by Crippen LogP contribution is -2.40.